The maximum absolute atomic E-state index is 6.11. The van der Waals surface area contributed by atoms with Crippen molar-refractivity contribution < 1.29 is 0 Å². The van der Waals surface area contributed by atoms with Gasteiger partial charge in [-0.2, -0.15) is 0 Å². The number of rotatable bonds is 3. The van der Waals surface area contributed by atoms with Crippen LogP contribution in [0.15, 0.2) is 30.0 Å². The molecule has 4 heteroatoms. The molecule has 84 valence electrons. The minimum atomic E-state index is 0.543. The zero-order chi connectivity index (χ0) is 11.5. The standard InChI is InChI=1S/C12H14ClN3/c1-9(8-14-2)7-10-12(13)15-11-5-3-4-6-16(10)11/h3-7,14H,8H2,1-2H3. The Kier molecular flexibility index (Phi) is 3.27. The highest BCUT2D eigenvalue weighted by molar-refractivity contribution is 6.31. The summed E-state index contributed by atoms with van der Waals surface area (Å²) in [5.41, 5.74) is 3.02. The summed E-state index contributed by atoms with van der Waals surface area (Å²) < 4.78 is 1.99. The number of imidazole rings is 1. The first-order chi connectivity index (χ1) is 7.72. The maximum atomic E-state index is 6.11. The fourth-order valence-corrected chi connectivity index (χ4v) is 1.91. The van der Waals surface area contributed by atoms with Crippen molar-refractivity contribution in [3.63, 3.8) is 0 Å². The topological polar surface area (TPSA) is 29.3 Å². The van der Waals surface area contributed by atoms with E-state index in [1.54, 1.807) is 0 Å². The maximum Gasteiger partial charge on any atom is 0.155 e. The predicted octanol–water partition coefficient (Wildman–Crippen LogP) is 2.61. The summed E-state index contributed by atoms with van der Waals surface area (Å²) in [6, 6.07) is 5.86. The van der Waals surface area contributed by atoms with Crippen LogP contribution in [-0.4, -0.2) is 23.0 Å². The molecule has 2 heterocycles. The first-order valence-corrected chi connectivity index (χ1v) is 5.54. The van der Waals surface area contributed by atoms with Gasteiger partial charge in [0.05, 0.1) is 5.69 Å². The monoisotopic (exact) mass is 235 g/mol. The molecule has 0 saturated carbocycles. The van der Waals surface area contributed by atoms with Crippen LogP contribution in [0.5, 0.6) is 0 Å². The Morgan fingerprint density at radius 3 is 3.12 bits per heavy atom. The smallest absolute Gasteiger partial charge is 0.155 e. The molecule has 0 radical (unpaired) electrons. The summed E-state index contributed by atoms with van der Waals surface area (Å²) in [6.45, 7) is 2.91. The van der Waals surface area contributed by atoms with Gasteiger partial charge in [-0.1, -0.05) is 23.2 Å². The number of aromatic nitrogens is 2. The van der Waals surface area contributed by atoms with E-state index in [0.717, 1.165) is 17.9 Å². The molecule has 3 nitrogen and oxygen atoms in total. The van der Waals surface area contributed by atoms with Gasteiger partial charge in [0, 0.05) is 12.7 Å². The number of hydrogen-bond acceptors (Lipinski definition) is 2. The third kappa shape index (κ3) is 2.10. The van der Waals surface area contributed by atoms with Gasteiger partial charge >= 0.3 is 0 Å². The SMILES string of the molecule is CNCC(C)=Cc1c(Cl)nc2ccccn12. The normalized spacial score (nSPS) is 12.3. The molecular weight excluding hydrogens is 222 g/mol. The van der Waals surface area contributed by atoms with E-state index in [9.17, 15) is 0 Å². The zero-order valence-corrected chi connectivity index (χ0v) is 10.1. The number of halogens is 1. The third-order valence-corrected chi connectivity index (χ3v) is 2.64. The van der Waals surface area contributed by atoms with Crippen LogP contribution in [0.4, 0.5) is 0 Å². The number of hydrogen-bond donors (Lipinski definition) is 1. The Morgan fingerprint density at radius 1 is 1.56 bits per heavy atom. The van der Waals surface area contributed by atoms with Crippen LogP contribution >= 0.6 is 11.6 Å². The van der Waals surface area contributed by atoms with Gasteiger partial charge in [0.15, 0.2) is 5.15 Å². The Morgan fingerprint density at radius 2 is 2.38 bits per heavy atom. The van der Waals surface area contributed by atoms with Gasteiger partial charge in [0.25, 0.3) is 0 Å². The number of pyridine rings is 1. The minimum Gasteiger partial charge on any atom is -0.316 e. The highest BCUT2D eigenvalue weighted by atomic mass is 35.5. The Balaban J connectivity index is 2.51. The van der Waals surface area contributed by atoms with Crippen LogP contribution < -0.4 is 5.32 Å². The van der Waals surface area contributed by atoms with Crippen LogP contribution in [-0.2, 0) is 0 Å². The number of nitrogens with one attached hydrogen (secondary N) is 1. The summed E-state index contributed by atoms with van der Waals surface area (Å²) in [4.78, 5) is 4.29. The Hall–Kier alpha value is -1.32. The van der Waals surface area contributed by atoms with E-state index >= 15 is 0 Å². The van der Waals surface area contributed by atoms with Crippen LogP contribution in [0, 0.1) is 0 Å². The molecule has 0 aromatic carbocycles. The molecule has 0 amide bonds. The van der Waals surface area contributed by atoms with E-state index in [1.807, 2.05) is 35.8 Å². The molecule has 2 aromatic rings. The fraction of sp³-hybridized carbons (Fsp3) is 0.250. The third-order valence-electron chi connectivity index (χ3n) is 2.36. The second kappa shape index (κ2) is 4.68. The van der Waals surface area contributed by atoms with Crippen molar-refractivity contribution in [1.29, 1.82) is 0 Å². The number of nitrogens with zero attached hydrogens (tertiary/aromatic N) is 2. The summed E-state index contributed by atoms with van der Waals surface area (Å²) in [5, 5.41) is 3.65. The van der Waals surface area contributed by atoms with Crippen molar-refractivity contribution in [3.8, 4) is 0 Å². The lowest BCUT2D eigenvalue weighted by atomic mass is 10.2. The molecule has 2 rings (SSSR count). The average molecular weight is 236 g/mol. The van der Waals surface area contributed by atoms with Crippen molar-refractivity contribution in [3.05, 3.63) is 40.8 Å². The summed E-state index contributed by atoms with van der Waals surface area (Å²) in [5.74, 6) is 0. The van der Waals surface area contributed by atoms with Crippen molar-refractivity contribution in [1.82, 2.24) is 14.7 Å². The molecule has 1 N–H and O–H groups in total. The van der Waals surface area contributed by atoms with Crippen molar-refractivity contribution >= 4 is 23.3 Å². The van der Waals surface area contributed by atoms with E-state index in [0.29, 0.717) is 5.15 Å². The lowest BCUT2D eigenvalue weighted by molar-refractivity contribution is 0.884. The van der Waals surface area contributed by atoms with Crippen LogP contribution in [0.2, 0.25) is 5.15 Å². The van der Waals surface area contributed by atoms with E-state index in [4.69, 9.17) is 11.6 Å². The predicted molar refractivity (Wildman–Crippen MR) is 67.8 cm³/mol. The minimum absolute atomic E-state index is 0.543. The van der Waals surface area contributed by atoms with E-state index in [1.165, 1.54) is 5.57 Å². The average Bonchev–Trinajstić information content (AvgIpc) is 2.56. The Bertz CT molecular complexity index is 528. The van der Waals surface area contributed by atoms with E-state index in [2.05, 4.69) is 23.3 Å². The highest BCUT2D eigenvalue weighted by Gasteiger charge is 2.07. The lowest BCUT2D eigenvalue weighted by Crippen LogP contribution is -2.08. The largest absolute Gasteiger partial charge is 0.316 e. The van der Waals surface area contributed by atoms with Gasteiger partial charge in [-0.25, -0.2) is 4.98 Å². The number of fused-ring (bicyclic) bond motifs is 1. The first kappa shape index (κ1) is 11.2. The Labute approximate surface area is 99.8 Å². The molecule has 0 spiro atoms. The van der Waals surface area contributed by atoms with E-state index < -0.39 is 0 Å². The molecule has 2 aromatic heterocycles. The molecule has 0 aliphatic carbocycles. The second-order valence-corrected chi connectivity index (χ2v) is 4.10. The molecule has 0 bridgehead atoms. The van der Waals surface area contributed by atoms with Gasteiger partial charge in [-0.15, -0.1) is 0 Å². The first-order valence-electron chi connectivity index (χ1n) is 5.16. The van der Waals surface area contributed by atoms with Crippen LogP contribution in [0.25, 0.3) is 11.7 Å². The molecule has 0 fully saturated rings. The molecular formula is C12H14ClN3. The van der Waals surface area contributed by atoms with E-state index in [-0.39, 0.29) is 0 Å². The molecule has 0 saturated heterocycles. The molecule has 0 atom stereocenters. The van der Waals surface area contributed by atoms with Gasteiger partial charge in [-0.05, 0) is 32.2 Å². The second-order valence-electron chi connectivity index (χ2n) is 3.74. The summed E-state index contributed by atoms with van der Waals surface area (Å²) in [7, 11) is 1.92. The quantitative estimate of drug-likeness (QED) is 0.886. The van der Waals surface area contributed by atoms with Gasteiger partial charge in [-0.3, -0.25) is 4.40 Å². The van der Waals surface area contributed by atoms with Crippen molar-refractivity contribution in [2.45, 2.75) is 6.92 Å². The lowest BCUT2D eigenvalue weighted by Gasteiger charge is -2.00. The fourth-order valence-electron chi connectivity index (χ4n) is 1.68. The van der Waals surface area contributed by atoms with Gasteiger partial charge in [0.1, 0.15) is 5.65 Å². The summed E-state index contributed by atoms with van der Waals surface area (Å²) >= 11 is 6.11. The van der Waals surface area contributed by atoms with Crippen molar-refractivity contribution in [2.24, 2.45) is 0 Å². The molecule has 0 unspecified atom stereocenters. The molecule has 16 heavy (non-hydrogen) atoms. The van der Waals surface area contributed by atoms with Crippen LogP contribution in [0.3, 0.4) is 0 Å². The van der Waals surface area contributed by atoms with Crippen LogP contribution in [0.1, 0.15) is 12.6 Å². The van der Waals surface area contributed by atoms with Crippen molar-refractivity contribution in [2.75, 3.05) is 13.6 Å². The highest BCUT2D eigenvalue weighted by Crippen LogP contribution is 2.20. The number of likely N-dealkylation sites (N-methyl/N-ethyl adjacent to an activating group) is 1. The zero-order valence-electron chi connectivity index (χ0n) is 9.37. The summed E-state index contributed by atoms with van der Waals surface area (Å²) in [6.07, 6.45) is 4.02. The van der Waals surface area contributed by atoms with Gasteiger partial charge in [0.2, 0.25) is 0 Å². The van der Waals surface area contributed by atoms with Gasteiger partial charge < -0.3 is 5.32 Å². The molecule has 0 aliphatic rings. The molecule has 0 aliphatic heterocycles.